The third-order valence-electron chi connectivity index (χ3n) is 4.82. The van der Waals surface area contributed by atoms with Gasteiger partial charge in [-0.2, -0.15) is 5.10 Å². The summed E-state index contributed by atoms with van der Waals surface area (Å²) in [5, 5.41) is 13.0. The highest BCUT2D eigenvalue weighted by molar-refractivity contribution is 7.14. The second kappa shape index (κ2) is 8.05. The zero-order chi connectivity index (χ0) is 21.4. The van der Waals surface area contributed by atoms with E-state index >= 15 is 0 Å². The minimum Gasteiger partial charge on any atom is -0.463 e. The Labute approximate surface area is 186 Å². The number of nitrogens with one attached hydrogen (secondary N) is 2. The summed E-state index contributed by atoms with van der Waals surface area (Å²) in [4.78, 5) is 25.4. The van der Waals surface area contributed by atoms with Crippen LogP contribution in [0.25, 0.3) is 17.1 Å². The molecule has 0 radical (unpaired) electrons. The molecule has 1 saturated carbocycles. The third kappa shape index (κ3) is 4.12. The van der Waals surface area contributed by atoms with Crippen LogP contribution >= 0.6 is 22.9 Å². The van der Waals surface area contributed by atoms with Crippen molar-refractivity contribution in [1.82, 2.24) is 15.1 Å². The van der Waals surface area contributed by atoms with Crippen LogP contribution in [0.2, 0.25) is 5.02 Å². The van der Waals surface area contributed by atoms with Gasteiger partial charge in [-0.05, 0) is 54.6 Å². The predicted molar refractivity (Wildman–Crippen MR) is 119 cm³/mol. The number of amides is 2. The van der Waals surface area contributed by atoms with Gasteiger partial charge in [0.2, 0.25) is 0 Å². The van der Waals surface area contributed by atoms with Gasteiger partial charge < -0.3 is 15.1 Å². The summed E-state index contributed by atoms with van der Waals surface area (Å²) >= 11 is 7.44. The average molecular weight is 453 g/mol. The normalized spacial score (nSPS) is 13.2. The molecule has 7 nitrogen and oxygen atoms in total. The molecular weight excluding hydrogens is 436 g/mol. The van der Waals surface area contributed by atoms with Crippen molar-refractivity contribution in [3.63, 3.8) is 0 Å². The third-order valence-corrected chi connectivity index (χ3v) is 5.88. The van der Waals surface area contributed by atoms with Crippen LogP contribution in [0.4, 0.5) is 5.00 Å². The fourth-order valence-corrected chi connectivity index (χ4v) is 4.10. The van der Waals surface area contributed by atoms with E-state index in [1.165, 1.54) is 11.3 Å². The molecule has 9 heteroatoms. The molecule has 156 valence electrons. The van der Waals surface area contributed by atoms with Gasteiger partial charge in [-0.3, -0.25) is 9.59 Å². The van der Waals surface area contributed by atoms with E-state index in [1.807, 2.05) is 6.07 Å². The van der Waals surface area contributed by atoms with Crippen LogP contribution in [0.5, 0.6) is 0 Å². The van der Waals surface area contributed by atoms with Crippen molar-refractivity contribution < 1.29 is 14.0 Å². The van der Waals surface area contributed by atoms with E-state index in [1.54, 1.807) is 58.8 Å². The van der Waals surface area contributed by atoms with Gasteiger partial charge in [-0.25, -0.2) is 4.68 Å². The van der Waals surface area contributed by atoms with Gasteiger partial charge in [-0.15, -0.1) is 11.3 Å². The van der Waals surface area contributed by atoms with E-state index in [0.29, 0.717) is 32.7 Å². The second-order valence-electron chi connectivity index (χ2n) is 7.15. The number of anilines is 1. The Bertz CT molecular complexity index is 1260. The first kappa shape index (κ1) is 19.6. The van der Waals surface area contributed by atoms with Crippen molar-refractivity contribution in [1.29, 1.82) is 0 Å². The summed E-state index contributed by atoms with van der Waals surface area (Å²) in [7, 11) is 0. The summed E-state index contributed by atoms with van der Waals surface area (Å²) in [5.74, 6) is -0.0385. The van der Waals surface area contributed by atoms with Crippen LogP contribution in [0, 0.1) is 0 Å². The molecule has 1 aromatic carbocycles. The standard InChI is InChI=1S/C22H17ClN4O3S/c23-13-3-1-4-15(11-13)27-18(19-5-2-9-30-19)12-17(26-27)21(29)25-22-16(8-10-31-22)20(28)24-14-6-7-14/h1-5,8-12,14H,6-7H2,(H,24,28)(H,25,29). The van der Waals surface area contributed by atoms with E-state index in [9.17, 15) is 9.59 Å². The van der Waals surface area contributed by atoms with Gasteiger partial charge in [0.1, 0.15) is 10.7 Å². The fourth-order valence-electron chi connectivity index (χ4n) is 3.14. The molecule has 1 fully saturated rings. The number of thiophene rings is 1. The Kier molecular flexibility index (Phi) is 5.09. The van der Waals surface area contributed by atoms with E-state index in [2.05, 4.69) is 15.7 Å². The quantitative estimate of drug-likeness (QED) is 0.431. The van der Waals surface area contributed by atoms with Crippen molar-refractivity contribution in [3.05, 3.63) is 76.5 Å². The van der Waals surface area contributed by atoms with E-state index in [4.69, 9.17) is 16.0 Å². The maximum Gasteiger partial charge on any atom is 0.276 e. The maximum atomic E-state index is 13.0. The van der Waals surface area contributed by atoms with E-state index in [0.717, 1.165) is 12.8 Å². The SMILES string of the molecule is O=C(Nc1sccc1C(=O)NC1CC1)c1cc(-c2ccco2)n(-c2cccc(Cl)c2)n1. The molecule has 1 aliphatic rings. The van der Waals surface area contributed by atoms with Gasteiger partial charge in [0.25, 0.3) is 11.8 Å². The number of carbonyl (C=O) groups excluding carboxylic acids is 2. The zero-order valence-corrected chi connectivity index (χ0v) is 17.7. The molecule has 3 heterocycles. The molecule has 2 amide bonds. The van der Waals surface area contributed by atoms with Crippen molar-refractivity contribution in [2.45, 2.75) is 18.9 Å². The van der Waals surface area contributed by atoms with Gasteiger partial charge in [0.15, 0.2) is 11.5 Å². The number of benzene rings is 1. The van der Waals surface area contributed by atoms with Gasteiger partial charge in [-0.1, -0.05) is 17.7 Å². The maximum absolute atomic E-state index is 13.0. The van der Waals surface area contributed by atoms with Crippen LogP contribution in [0.3, 0.4) is 0 Å². The lowest BCUT2D eigenvalue weighted by atomic mass is 10.2. The molecule has 0 unspecified atom stereocenters. The highest BCUT2D eigenvalue weighted by Gasteiger charge is 2.26. The van der Waals surface area contributed by atoms with Crippen LogP contribution < -0.4 is 10.6 Å². The molecule has 0 aliphatic heterocycles. The Balaban J connectivity index is 1.46. The Morgan fingerprint density at radius 1 is 1.13 bits per heavy atom. The molecule has 31 heavy (non-hydrogen) atoms. The van der Waals surface area contributed by atoms with Crippen LogP contribution in [0.15, 0.2) is 64.6 Å². The van der Waals surface area contributed by atoms with Crippen LogP contribution in [0.1, 0.15) is 33.7 Å². The lowest BCUT2D eigenvalue weighted by Gasteiger charge is -2.06. The summed E-state index contributed by atoms with van der Waals surface area (Å²) in [6.45, 7) is 0. The molecular formula is C22H17ClN4O3S. The minimum atomic E-state index is -0.420. The first-order valence-corrected chi connectivity index (χ1v) is 10.9. The number of rotatable bonds is 6. The predicted octanol–water partition coefficient (Wildman–Crippen LogP) is 4.99. The summed E-state index contributed by atoms with van der Waals surface area (Å²) in [5.41, 5.74) is 1.94. The lowest BCUT2D eigenvalue weighted by Crippen LogP contribution is -2.26. The number of nitrogens with zero attached hydrogens (tertiary/aromatic N) is 2. The van der Waals surface area contributed by atoms with Crippen LogP contribution in [-0.2, 0) is 0 Å². The number of aromatic nitrogens is 2. The molecule has 4 aromatic rings. The van der Waals surface area contributed by atoms with Crippen molar-refractivity contribution in [2.24, 2.45) is 0 Å². The second-order valence-corrected chi connectivity index (χ2v) is 8.50. The highest BCUT2D eigenvalue weighted by atomic mass is 35.5. The molecule has 0 spiro atoms. The number of hydrogen-bond acceptors (Lipinski definition) is 5. The van der Waals surface area contributed by atoms with Gasteiger partial charge in [0, 0.05) is 17.1 Å². The Hall–Kier alpha value is -3.36. The first-order valence-electron chi connectivity index (χ1n) is 9.68. The Morgan fingerprint density at radius 2 is 2.00 bits per heavy atom. The molecule has 0 saturated heterocycles. The minimum absolute atomic E-state index is 0.181. The van der Waals surface area contributed by atoms with Gasteiger partial charge in [0.05, 0.1) is 17.5 Å². The molecule has 0 bridgehead atoms. The molecule has 1 aliphatic carbocycles. The first-order chi connectivity index (χ1) is 15.1. The molecule has 3 aromatic heterocycles. The van der Waals surface area contributed by atoms with Crippen LogP contribution in [-0.4, -0.2) is 27.6 Å². The topological polar surface area (TPSA) is 89.2 Å². The van der Waals surface area contributed by atoms with E-state index < -0.39 is 5.91 Å². The van der Waals surface area contributed by atoms with E-state index in [-0.39, 0.29) is 17.6 Å². The fraction of sp³-hybridized carbons (Fsp3) is 0.136. The number of hydrogen-bond donors (Lipinski definition) is 2. The number of carbonyl (C=O) groups is 2. The average Bonchev–Trinajstić information content (AvgIpc) is 3.19. The monoisotopic (exact) mass is 452 g/mol. The van der Waals surface area contributed by atoms with Gasteiger partial charge >= 0.3 is 0 Å². The molecule has 5 rings (SSSR count). The largest absolute Gasteiger partial charge is 0.463 e. The lowest BCUT2D eigenvalue weighted by molar-refractivity contribution is 0.0952. The summed E-state index contributed by atoms with van der Waals surface area (Å²) < 4.78 is 7.13. The number of furan rings is 1. The van der Waals surface area contributed by atoms with Crippen molar-refractivity contribution in [3.8, 4) is 17.1 Å². The highest BCUT2D eigenvalue weighted by Crippen LogP contribution is 2.28. The smallest absolute Gasteiger partial charge is 0.276 e. The number of halogens is 1. The van der Waals surface area contributed by atoms with Crippen molar-refractivity contribution >= 4 is 39.8 Å². The molecule has 0 atom stereocenters. The Morgan fingerprint density at radius 3 is 2.74 bits per heavy atom. The summed E-state index contributed by atoms with van der Waals surface area (Å²) in [6, 6.07) is 14.3. The zero-order valence-electron chi connectivity index (χ0n) is 16.2. The van der Waals surface area contributed by atoms with Crippen molar-refractivity contribution in [2.75, 3.05) is 5.32 Å². The summed E-state index contributed by atoms with van der Waals surface area (Å²) in [6.07, 6.45) is 3.54. The molecule has 2 N–H and O–H groups in total.